The second-order valence-electron chi connectivity index (χ2n) is 1.77. The molecule has 0 aromatic rings. The number of carbonyl (C=O) groups is 1. The average molecular weight is 147 g/mol. The number of amides is 1. The molecule has 1 atom stereocenters. The Kier molecular flexibility index (Phi) is 4.61. The van der Waals surface area contributed by atoms with Gasteiger partial charge in [0.1, 0.15) is 0 Å². The van der Waals surface area contributed by atoms with E-state index in [4.69, 9.17) is 5.73 Å². The third kappa shape index (κ3) is 4.11. The van der Waals surface area contributed by atoms with Crippen molar-refractivity contribution >= 4 is 6.09 Å². The van der Waals surface area contributed by atoms with Gasteiger partial charge in [-0.25, -0.2) is 4.79 Å². The van der Waals surface area contributed by atoms with E-state index in [1.807, 2.05) is 0 Å². The van der Waals surface area contributed by atoms with Crippen molar-refractivity contribution in [1.29, 1.82) is 0 Å². The van der Waals surface area contributed by atoms with Gasteiger partial charge in [-0.05, 0) is 14.1 Å². The topological polar surface area (TPSA) is 76.4 Å². The van der Waals surface area contributed by atoms with Crippen molar-refractivity contribution in [3.05, 3.63) is 0 Å². The van der Waals surface area contributed by atoms with Crippen molar-refractivity contribution in [2.75, 3.05) is 20.6 Å². The van der Waals surface area contributed by atoms with Crippen molar-refractivity contribution in [3.63, 3.8) is 0 Å². The molecule has 10 heavy (non-hydrogen) atoms. The van der Waals surface area contributed by atoms with Gasteiger partial charge in [-0.15, -0.1) is 0 Å². The van der Waals surface area contributed by atoms with E-state index in [-0.39, 0.29) is 6.23 Å². The predicted octanol–water partition coefficient (Wildman–Crippen LogP) is -1.15. The van der Waals surface area contributed by atoms with Gasteiger partial charge in [0.25, 0.3) is 0 Å². The molecule has 0 aromatic heterocycles. The molecule has 0 spiro atoms. The smallest absolute Gasteiger partial charge is 0.406 e. The molecule has 0 heterocycles. The first kappa shape index (κ1) is 9.19. The standard InChI is InChI=1S/C5H13N3O2/c1-7-3-4(8-2)10-5(6)9/h4,7-8H,3H2,1-2H3,(H2,6,9). The third-order valence-corrected chi connectivity index (χ3v) is 0.970. The van der Waals surface area contributed by atoms with Crippen LogP contribution in [0.25, 0.3) is 0 Å². The second-order valence-corrected chi connectivity index (χ2v) is 1.77. The van der Waals surface area contributed by atoms with E-state index in [9.17, 15) is 4.79 Å². The van der Waals surface area contributed by atoms with E-state index in [1.54, 1.807) is 14.1 Å². The lowest BCUT2D eigenvalue weighted by Gasteiger charge is -2.14. The lowest BCUT2D eigenvalue weighted by Crippen LogP contribution is -2.40. The highest BCUT2D eigenvalue weighted by atomic mass is 16.6. The van der Waals surface area contributed by atoms with Crippen molar-refractivity contribution in [2.45, 2.75) is 6.23 Å². The van der Waals surface area contributed by atoms with E-state index < -0.39 is 6.09 Å². The van der Waals surface area contributed by atoms with Gasteiger partial charge in [0.15, 0.2) is 6.23 Å². The number of ether oxygens (including phenoxy) is 1. The molecule has 0 aliphatic heterocycles. The van der Waals surface area contributed by atoms with Crippen LogP contribution in [-0.4, -0.2) is 33.0 Å². The van der Waals surface area contributed by atoms with Gasteiger partial charge in [0.05, 0.1) is 0 Å². The van der Waals surface area contributed by atoms with Crippen LogP contribution < -0.4 is 16.4 Å². The van der Waals surface area contributed by atoms with Crippen LogP contribution in [0.15, 0.2) is 0 Å². The second kappa shape index (κ2) is 5.01. The van der Waals surface area contributed by atoms with Crippen molar-refractivity contribution in [2.24, 2.45) is 5.73 Å². The Bertz CT molecular complexity index is 107. The maximum atomic E-state index is 10.2. The molecule has 5 heteroatoms. The van der Waals surface area contributed by atoms with Gasteiger partial charge in [0.2, 0.25) is 0 Å². The molecule has 0 aliphatic carbocycles. The molecular weight excluding hydrogens is 134 g/mol. The summed E-state index contributed by atoms with van der Waals surface area (Å²) in [6.45, 7) is 0.541. The van der Waals surface area contributed by atoms with Gasteiger partial charge in [-0.3, -0.25) is 5.32 Å². The maximum absolute atomic E-state index is 10.2. The Balaban J connectivity index is 3.49. The maximum Gasteiger partial charge on any atom is 0.406 e. The fraction of sp³-hybridized carbons (Fsp3) is 0.800. The van der Waals surface area contributed by atoms with Gasteiger partial charge >= 0.3 is 6.09 Å². The highest BCUT2D eigenvalue weighted by Gasteiger charge is 2.06. The van der Waals surface area contributed by atoms with Crippen molar-refractivity contribution < 1.29 is 9.53 Å². The quantitative estimate of drug-likeness (QED) is 0.439. The summed E-state index contributed by atoms with van der Waals surface area (Å²) >= 11 is 0. The zero-order chi connectivity index (χ0) is 7.98. The summed E-state index contributed by atoms with van der Waals surface area (Å²) < 4.78 is 4.61. The molecule has 1 unspecified atom stereocenters. The van der Waals surface area contributed by atoms with E-state index in [2.05, 4.69) is 15.4 Å². The van der Waals surface area contributed by atoms with Crippen LogP contribution in [-0.2, 0) is 4.74 Å². The summed E-state index contributed by atoms with van der Waals surface area (Å²) in [6, 6.07) is 0. The summed E-state index contributed by atoms with van der Waals surface area (Å²) in [6.07, 6.45) is -1.11. The zero-order valence-corrected chi connectivity index (χ0v) is 6.18. The largest absolute Gasteiger partial charge is 0.429 e. The fourth-order valence-electron chi connectivity index (χ4n) is 0.528. The van der Waals surface area contributed by atoms with E-state index in [0.29, 0.717) is 6.54 Å². The van der Waals surface area contributed by atoms with E-state index in [0.717, 1.165) is 0 Å². The van der Waals surface area contributed by atoms with E-state index in [1.165, 1.54) is 0 Å². The van der Waals surface area contributed by atoms with Crippen LogP contribution in [0.1, 0.15) is 0 Å². The number of carbonyl (C=O) groups excluding carboxylic acids is 1. The summed E-state index contributed by atoms with van der Waals surface area (Å²) in [5, 5.41) is 5.58. The molecule has 1 amide bonds. The molecule has 0 fully saturated rings. The molecule has 60 valence electrons. The molecule has 0 saturated heterocycles. The van der Waals surface area contributed by atoms with Crippen molar-refractivity contribution in [3.8, 4) is 0 Å². The summed E-state index contributed by atoms with van der Waals surface area (Å²) in [7, 11) is 3.44. The van der Waals surface area contributed by atoms with Crippen molar-refractivity contribution in [1.82, 2.24) is 10.6 Å². The van der Waals surface area contributed by atoms with Gasteiger partial charge in [-0.1, -0.05) is 0 Å². The Morgan fingerprint density at radius 2 is 2.30 bits per heavy atom. The molecular formula is C5H13N3O2. The zero-order valence-electron chi connectivity index (χ0n) is 6.18. The first-order valence-corrected chi connectivity index (χ1v) is 2.98. The normalized spacial score (nSPS) is 12.6. The number of likely N-dealkylation sites (N-methyl/N-ethyl adjacent to an activating group) is 2. The molecule has 4 N–H and O–H groups in total. The fourth-order valence-corrected chi connectivity index (χ4v) is 0.528. The number of rotatable bonds is 4. The SMILES string of the molecule is CNCC(NC)OC(N)=O. The van der Waals surface area contributed by atoms with Crippen LogP contribution in [0.2, 0.25) is 0 Å². The number of hydrogen-bond acceptors (Lipinski definition) is 4. The predicted molar refractivity (Wildman–Crippen MR) is 37.4 cm³/mol. The van der Waals surface area contributed by atoms with Crippen LogP contribution in [0.4, 0.5) is 4.79 Å². The first-order valence-electron chi connectivity index (χ1n) is 2.98. The van der Waals surface area contributed by atoms with Crippen LogP contribution in [0, 0.1) is 0 Å². The molecule has 0 bridgehead atoms. The molecule has 0 aromatic carbocycles. The minimum absolute atomic E-state index is 0.345. The monoisotopic (exact) mass is 147 g/mol. The number of nitrogens with two attached hydrogens (primary N) is 1. The molecule has 0 saturated carbocycles. The van der Waals surface area contributed by atoms with Crippen LogP contribution >= 0.6 is 0 Å². The van der Waals surface area contributed by atoms with Crippen LogP contribution in [0.3, 0.4) is 0 Å². The molecule has 0 aliphatic rings. The third-order valence-electron chi connectivity index (χ3n) is 0.970. The lowest BCUT2D eigenvalue weighted by molar-refractivity contribution is 0.0915. The summed E-state index contributed by atoms with van der Waals surface area (Å²) in [4.78, 5) is 10.2. The Morgan fingerprint density at radius 1 is 1.70 bits per heavy atom. The molecule has 0 radical (unpaired) electrons. The first-order chi connectivity index (χ1) is 4.70. The average Bonchev–Trinajstić information content (AvgIpc) is 1.86. The number of hydrogen-bond donors (Lipinski definition) is 3. The van der Waals surface area contributed by atoms with Crippen LogP contribution in [0.5, 0.6) is 0 Å². The number of primary amides is 1. The highest BCUT2D eigenvalue weighted by Crippen LogP contribution is 1.82. The Morgan fingerprint density at radius 3 is 2.60 bits per heavy atom. The minimum Gasteiger partial charge on any atom is -0.429 e. The summed E-state index contributed by atoms with van der Waals surface area (Å²) in [5.74, 6) is 0. The van der Waals surface area contributed by atoms with Gasteiger partial charge < -0.3 is 15.8 Å². The molecule has 5 nitrogen and oxygen atoms in total. The van der Waals surface area contributed by atoms with Gasteiger partial charge in [0, 0.05) is 6.54 Å². The minimum atomic E-state index is -0.769. The Hall–Kier alpha value is -0.810. The van der Waals surface area contributed by atoms with Gasteiger partial charge in [-0.2, -0.15) is 0 Å². The molecule has 0 rings (SSSR count). The number of nitrogens with one attached hydrogen (secondary N) is 2. The Labute approximate surface area is 59.9 Å². The summed E-state index contributed by atoms with van der Waals surface area (Å²) in [5.41, 5.74) is 4.77. The van der Waals surface area contributed by atoms with E-state index >= 15 is 0 Å². The highest BCUT2D eigenvalue weighted by molar-refractivity contribution is 5.64. The lowest BCUT2D eigenvalue weighted by atomic mass is 10.5.